The van der Waals surface area contributed by atoms with E-state index in [1.807, 2.05) is 97.1 Å². The molecule has 0 amide bonds. The average molecular weight is 759 g/mol. The Bertz CT molecular complexity index is 2900. The number of fused-ring (bicyclic) bond motifs is 6. The van der Waals surface area contributed by atoms with Crippen LogP contribution in [-0.4, -0.2) is 0 Å². The largest absolute Gasteiger partial charge is 0.310 e. The molecule has 6 nitrogen and oxygen atoms in total. The van der Waals surface area contributed by atoms with E-state index in [1.165, 1.54) is 50.1 Å². The van der Waals surface area contributed by atoms with Gasteiger partial charge in [-0.3, -0.25) is 0 Å². The zero-order chi connectivity index (χ0) is 41.2. The normalized spacial score (nSPS) is 13.4. The van der Waals surface area contributed by atoms with Crippen LogP contribution in [0, 0.1) is 52.2 Å². The highest BCUT2D eigenvalue weighted by Gasteiger charge is 2.43. The van der Waals surface area contributed by atoms with Crippen LogP contribution in [0.25, 0.3) is 22.3 Å². The predicted molar refractivity (Wildman–Crippen MR) is 235 cm³/mol. The van der Waals surface area contributed by atoms with Crippen molar-refractivity contribution in [1.29, 1.82) is 21.0 Å². The first-order valence-electron chi connectivity index (χ1n) is 19.6. The van der Waals surface area contributed by atoms with E-state index >= 15 is 0 Å². The van der Waals surface area contributed by atoms with Crippen LogP contribution in [0.3, 0.4) is 0 Å². The molecule has 0 atom stereocenters. The predicted octanol–water partition coefficient (Wildman–Crippen LogP) is 13.0. The summed E-state index contributed by atoms with van der Waals surface area (Å²) < 4.78 is 0. The van der Waals surface area contributed by atoms with Gasteiger partial charge < -0.3 is 9.80 Å². The van der Waals surface area contributed by atoms with Gasteiger partial charge >= 0.3 is 0 Å². The Balaban J connectivity index is 1.15. The van der Waals surface area contributed by atoms with Crippen molar-refractivity contribution in [3.63, 3.8) is 0 Å². The molecule has 0 heterocycles. The molecule has 0 unspecified atom stereocenters. The Morgan fingerprint density at radius 1 is 0.356 bits per heavy atom. The summed E-state index contributed by atoms with van der Waals surface area (Å²) in [4.78, 5) is 4.38. The molecular weight excluding hydrogens is 721 g/mol. The lowest BCUT2D eigenvalue weighted by Gasteiger charge is -2.29. The summed E-state index contributed by atoms with van der Waals surface area (Å²) in [6, 6.07) is 55.6. The molecule has 7 aromatic carbocycles. The zero-order valence-corrected chi connectivity index (χ0v) is 33.5. The number of hydrogen-bond donors (Lipinski definition) is 0. The van der Waals surface area contributed by atoms with Crippen molar-refractivity contribution < 1.29 is 0 Å². The van der Waals surface area contributed by atoms with Crippen LogP contribution in [0.2, 0.25) is 0 Å². The molecule has 0 saturated carbocycles. The number of aryl methyl sites for hydroxylation is 1. The van der Waals surface area contributed by atoms with Crippen molar-refractivity contribution in [1.82, 2.24) is 0 Å². The molecule has 0 fully saturated rings. The third kappa shape index (κ3) is 5.82. The summed E-state index contributed by atoms with van der Waals surface area (Å²) in [5.41, 5.74) is 18.7. The molecule has 0 saturated heterocycles. The number of rotatable bonds is 6. The van der Waals surface area contributed by atoms with E-state index in [2.05, 4.69) is 111 Å². The van der Waals surface area contributed by atoms with E-state index < -0.39 is 0 Å². The summed E-state index contributed by atoms with van der Waals surface area (Å²) in [5, 5.41) is 38.1. The first-order valence-corrected chi connectivity index (χ1v) is 19.6. The molecule has 280 valence electrons. The van der Waals surface area contributed by atoms with E-state index in [0.29, 0.717) is 22.3 Å². The Morgan fingerprint density at radius 3 is 1.14 bits per heavy atom. The molecule has 6 heteroatoms. The van der Waals surface area contributed by atoms with Gasteiger partial charge in [0, 0.05) is 45.0 Å². The number of nitrogens with zero attached hydrogens (tertiary/aromatic N) is 6. The molecule has 0 spiro atoms. The van der Waals surface area contributed by atoms with Gasteiger partial charge in [0.2, 0.25) is 0 Å². The molecule has 2 aliphatic carbocycles. The third-order valence-corrected chi connectivity index (χ3v) is 12.3. The lowest BCUT2D eigenvalue weighted by molar-refractivity contribution is 0.652. The number of anilines is 6. The molecular formula is C53H38N6. The molecule has 0 bridgehead atoms. The Kier molecular flexibility index (Phi) is 8.49. The molecule has 2 aliphatic rings. The van der Waals surface area contributed by atoms with Crippen LogP contribution < -0.4 is 9.80 Å². The Morgan fingerprint density at radius 2 is 0.695 bits per heavy atom. The lowest BCUT2D eigenvalue weighted by Crippen LogP contribution is -2.18. The summed E-state index contributed by atoms with van der Waals surface area (Å²) in [6.45, 7) is 11.5. The van der Waals surface area contributed by atoms with Gasteiger partial charge in [-0.05, 0) is 190 Å². The minimum atomic E-state index is -0.309. The van der Waals surface area contributed by atoms with Gasteiger partial charge in [-0.1, -0.05) is 33.8 Å². The fraction of sp³-hybridized carbons (Fsp3) is 0.132. The topological polar surface area (TPSA) is 102 Å². The SMILES string of the molecule is Cc1cc(N(c2ccc(C#N)cc2)c2ccc(C#N)cc2)cc2c1-c1cc3c(cc1C2(C)C)-c1ccc(N(c2ccc(C#N)cc2)c2ccc(C#N)cc2)cc1C3(C)C. The Labute approximate surface area is 345 Å². The molecule has 9 rings (SSSR count). The molecule has 0 aliphatic heterocycles. The van der Waals surface area contributed by atoms with E-state index in [0.717, 1.165) is 34.1 Å². The van der Waals surface area contributed by atoms with Gasteiger partial charge in [0.25, 0.3) is 0 Å². The quantitative estimate of drug-likeness (QED) is 0.167. The van der Waals surface area contributed by atoms with Crippen LogP contribution >= 0.6 is 0 Å². The van der Waals surface area contributed by atoms with Crippen molar-refractivity contribution in [2.75, 3.05) is 9.80 Å². The highest BCUT2D eigenvalue weighted by atomic mass is 15.1. The minimum Gasteiger partial charge on any atom is -0.310 e. The monoisotopic (exact) mass is 758 g/mol. The van der Waals surface area contributed by atoms with Gasteiger partial charge in [0.1, 0.15) is 0 Å². The maximum atomic E-state index is 9.53. The minimum absolute atomic E-state index is 0.306. The second-order valence-electron chi connectivity index (χ2n) is 16.4. The van der Waals surface area contributed by atoms with Crippen LogP contribution in [0.4, 0.5) is 34.1 Å². The second kappa shape index (κ2) is 13.6. The fourth-order valence-corrected chi connectivity index (χ4v) is 9.16. The van der Waals surface area contributed by atoms with Gasteiger partial charge in [-0.25, -0.2) is 0 Å². The molecule has 0 aromatic heterocycles. The molecule has 0 N–H and O–H groups in total. The summed E-state index contributed by atoms with van der Waals surface area (Å²) in [7, 11) is 0. The smallest absolute Gasteiger partial charge is 0.0991 e. The van der Waals surface area contributed by atoms with Gasteiger partial charge in [0.15, 0.2) is 0 Å². The van der Waals surface area contributed by atoms with Gasteiger partial charge in [-0.15, -0.1) is 0 Å². The van der Waals surface area contributed by atoms with Crippen molar-refractivity contribution in [2.24, 2.45) is 0 Å². The van der Waals surface area contributed by atoms with Crippen LogP contribution in [0.1, 0.15) is 77.8 Å². The van der Waals surface area contributed by atoms with Gasteiger partial charge in [-0.2, -0.15) is 21.0 Å². The van der Waals surface area contributed by atoms with E-state index in [4.69, 9.17) is 0 Å². The second-order valence-corrected chi connectivity index (χ2v) is 16.4. The first kappa shape index (κ1) is 36.7. The van der Waals surface area contributed by atoms with Crippen molar-refractivity contribution in [3.05, 3.63) is 190 Å². The average Bonchev–Trinajstić information content (AvgIpc) is 3.62. The van der Waals surface area contributed by atoms with E-state index in [1.54, 1.807) is 0 Å². The first-order chi connectivity index (χ1) is 28.5. The highest BCUT2D eigenvalue weighted by molar-refractivity contribution is 5.93. The van der Waals surface area contributed by atoms with Crippen molar-refractivity contribution in [3.8, 4) is 46.5 Å². The van der Waals surface area contributed by atoms with Crippen LogP contribution in [-0.2, 0) is 10.8 Å². The fourth-order valence-electron chi connectivity index (χ4n) is 9.16. The highest BCUT2D eigenvalue weighted by Crippen LogP contribution is 2.58. The number of nitriles is 4. The summed E-state index contributed by atoms with van der Waals surface area (Å²) >= 11 is 0. The summed E-state index contributed by atoms with van der Waals surface area (Å²) in [6.07, 6.45) is 0. The van der Waals surface area contributed by atoms with Crippen molar-refractivity contribution >= 4 is 34.1 Å². The number of hydrogen-bond acceptors (Lipinski definition) is 6. The standard InChI is InChI=1S/C53H38N6/c1-33-24-43(59(40-18-10-36(31-56)11-19-40)41-20-12-37(32-57)13-21-41)26-50-51(33)46-28-48-45(27-49(46)53(50,4)5)44-23-22-42(25-47(44)52(48,2)3)58(38-14-6-34(29-54)7-15-38)39-16-8-35(30-55)9-17-39/h6-28H,1-5H3. The lowest BCUT2D eigenvalue weighted by atomic mass is 9.79. The van der Waals surface area contributed by atoms with E-state index in [-0.39, 0.29) is 10.8 Å². The van der Waals surface area contributed by atoms with Crippen LogP contribution in [0.15, 0.2) is 140 Å². The molecule has 59 heavy (non-hydrogen) atoms. The Hall–Kier alpha value is -7.90. The maximum absolute atomic E-state index is 9.53. The van der Waals surface area contributed by atoms with Crippen LogP contribution in [0.5, 0.6) is 0 Å². The van der Waals surface area contributed by atoms with E-state index in [9.17, 15) is 21.0 Å². The number of benzene rings is 7. The molecule has 7 aromatic rings. The summed E-state index contributed by atoms with van der Waals surface area (Å²) in [5.74, 6) is 0. The maximum Gasteiger partial charge on any atom is 0.0991 e. The van der Waals surface area contributed by atoms with Crippen molar-refractivity contribution in [2.45, 2.75) is 45.4 Å². The molecule has 0 radical (unpaired) electrons. The van der Waals surface area contributed by atoms with Gasteiger partial charge in [0.05, 0.1) is 46.5 Å². The zero-order valence-electron chi connectivity index (χ0n) is 33.5. The third-order valence-electron chi connectivity index (χ3n) is 12.3.